The van der Waals surface area contributed by atoms with E-state index < -0.39 is 0 Å². The van der Waals surface area contributed by atoms with Crippen LogP contribution in [-0.4, -0.2) is 96.0 Å². The highest BCUT2D eigenvalue weighted by Crippen LogP contribution is 2.54. The molecular weight excluding hydrogens is 1030 g/mol. The summed E-state index contributed by atoms with van der Waals surface area (Å²) in [6.45, 7) is 9.59. The molecule has 12 rings (SSSR count). The Morgan fingerprint density at radius 3 is 1.34 bits per heavy atom. The van der Waals surface area contributed by atoms with Crippen LogP contribution in [0.4, 0.5) is 22.7 Å². The number of pyridine rings is 4. The number of hydrogen-bond donors (Lipinski definition) is 6. The molecule has 0 aliphatic carbocycles. The highest BCUT2D eigenvalue weighted by Gasteiger charge is 2.26. The summed E-state index contributed by atoms with van der Waals surface area (Å²) >= 11 is 6.87. The molecule has 2 saturated heterocycles. The number of nitrogens with zero attached hydrogens (tertiary/aromatic N) is 4. The molecule has 6 N–H and O–H groups in total. The van der Waals surface area contributed by atoms with Crippen molar-refractivity contribution in [2.24, 2.45) is 0 Å². The molecule has 76 heavy (non-hydrogen) atoms. The first-order chi connectivity index (χ1) is 37.1. The molecule has 18 heteroatoms. The summed E-state index contributed by atoms with van der Waals surface area (Å²) in [6.07, 6.45) is 0. The number of fused-ring (bicyclic) bond motifs is 4. The maximum absolute atomic E-state index is 12.6. The number of aliphatic hydroxyl groups excluding tert-OH is 2. The molecule has 14 nitrogen and oxygen atoms in total. The predicted octanol–water partition coefficient (Wildman–Crippen LogP) is 10.7. The van der Waals surface area contributed by atoms with E-state index in [1.807, 2.05) is 74.5 Å². The van der Waals surface area contributed by atoms with E-state index in [0.717, 1.165) is 133 Å². The average Bonchev–Trinajstić information content (AvgIpc) is 3.46. The zero-order valence-electron chi connectivity index (χ0n) is 41.9. The third-order valence-corrected chi connectivity index (χ3v) is 18.5. The number of H-pyrrole nitrogens is 2. The van der Waals surface area contributed by atoms with E-state index in [0.29, 0.717) is 26.4 Å². The van der Waals surface area contributed by atoms with Gasteiger partial charge >= 0.3 is 0 Å². The number of ether oxygens (including phenoxy) is 2. The van der Waals surface area contributed by atoms with Crippen molar-refractivity contribution in [1.29, 1.82) is 0 Å². The van der Waals surface area contributed by atoms with Crippen LogP contribution in [0.5, 0.6) is 0 Å². The van der Waals surface area contributed by atoms with Gasteiger partial charge in [0, 0.05) is 123 Å². The van der Waals surface area contributed by atoms with E-state index in [-0.39, 0.29) is 36.4 Å². The Morgan fingerprint density at radius 1 is 0.513 bits per heavy atom. The van der Waals surface area contributed by atoms with Crippen molar-refractivity contribution in [3.63, 3.8) is 0 Å². The molecule has 0 amide bonds. The van der Waals surface area contributed by atoms with Gasteiger partial charge in [-0.2, -0.15) is 0 Å². The Bertz CT molecular complexity index is 3300. The van der Waals surface area contributed by atoms with Crippen LogP contribution < -0.4 is 31.6 Å². The van der Waals surface area contributed by atoms with Gasteiger partial charge in [-0.3, -0.25) is 19.6 Å². The molecule has 2 atom stereocenters. The molecular formula is C58H56N8O6S4. The fourth-order valence-electron chi connectivity index (χ4n) is 9.51. The van der Waals surface area contributed by atoms with Gasteiger partial charge in [0.1, 0.15) is 0 Å². The highest BCUT2D eigenvalue weighted by molar-refractivity contribution is 8.05. The second kappa shape index (κ2) is 23.4. The number of benzene rings is 4. The van der Waals surface area contributed by atoms with E-state index in [1.54, 1.807) is 59.2 Å². The van der Waals surface area contributed by atoms with Crippen molar-refractivity contribution in [2.45, 2.75) is 65.1 Å². The van der Waals surface area contributed by atoms with E-state index >= 15 is 0 Å². The Balaban J connectivity index is 0.000000162. The van der Waals surface area contributed by atoms with Crippen LogP contribution in [0.3, 0.4) is 0 Å². The molecule has 4 aromatic carbocycles. The number of aliphatic hydroxyl groups is 2. The zero-order valence-corrected chi connectivity index (χ0v) is 45.1. The summed E-state index contributed by atoms with van der Waals surface area (Å²) in [7, 11) is 0. The van der Waals surface area contributed by atoms with Gasteiger partial charge in [0.2, 0.25) is 11.1 Å². The number of aryl methyl sites for hydroxylation is 2. The number of rotatable bonds is 12. The summed E-state index contributed by atoms with van der Waals surface area (Å²) in [4.78, 5) is 54.1. The second-order valence-corrected chi connectivity index (χ2v) is 22.9. The lowest BCUT2D eigenvalue weighted by molar-refractivity contribution is 0.122. The third kappa shape index (κ3) is 11.7. The Labute approximate surface area is 457 Å². The molecule has 8 heterocycles. The van der Waals surface area contributed by atoms with Gasteiger partial charge in [0.15, 0.2) is 0 Å². The van der Waals surface area contributed by atoms with E-state index in [4.69, 9.17) is 9.47 Å². The maximum Gasteiger partial charge on any atom is 0.250 e. The fraction of sp³-hybridized carbons (Fsp3) is 0.241. The zero-order chi connectivity index (χ0) is 52.1. The van der Waals surface area contributed by atoms with Crippen molar-refractivity contribution in [3.05, 3.63) is 177 Å². The molecule has 4 aliphatic heterocycles. The number of nitrogens with one attached hydrogen (secondary N) is 4. The number of morpholine rings is 2. The van der Waals surface area contributed by atoms with Crippen LogP contribution in [0.15, 0.2) is 182 Å². The Kier molecular flexibility index (Phi) is 15.9. The van der Waals surface area contributed by atoms with Crippen molar-refractivity contribution in [3.8, 4) is 22.5 Å². The van der Waals surface area contributed by atoms with E-state index in [9.17, 15) is 19.8 Å². The number of hydrogen-bond acceptors (Lipinski definition) is 16. The molecule has 388 valence electrons. The van der Waals surface area contributed by atoms with Gasteiger partial charge in [0.25, 0.3) is 0 Å². The Hall–Kier alpha value is -6.48. The minimum Gasteiger partial charge on any atom is -0.394 e. The van der Waals surface area contributed by atoms with Gasteiger partial charge in [-0.25, -0.2) is 0 Å². The third-order valence-electron chi connectivity index (χ3n) is 13.3. The van der Waals surface area contributed by atoms with Crippen LogP contribution in [0.2, 0.25) is 0 Å². The van der Waals surface area contributed by atoms with E-state index in [1.165, 1.54) is 0 Å². The summed E-state index contributed by atoms with van der Waals surface area (Å²) in [5, 5.41) is 26.9. The molecule has 0 spiro atoms. The number of anilines is 4. The van der Waals surface area contributed by atoms with Crippen LogP contribution in [-0.2, 0) is 9.47 Å². The number of aromatic nitrogens is 4. The molecule has 4 aromatic heterocycles. The van der Waals surface area contributed by atoms with Gasteiger partial charge in [-0.1, -0.05) is 83.4 Å². The quantitative estimate of drug-likeness (QED) is 0.0679. The smallest absolute Gasteiger partial charge is 0.250 e. The topological polar surface area (TPSA) is 181 Å². The summed E-state index contributed by atoms with van der Waals surface area (Å²) in [6, 6.07) is 43.6. The monoisotopic (exact) mass is 1090 g/mol. The van der Waals surface area contributed by atoms with Crippen LogP contribution >= 0.6 is 47.0 Å². The second-order valence-electron chi connectivity index (χ2n) is 18.6. The minimum atomic E-state index is -0.288. The molecule has 4 aliphatic rings. The van der Waals surface area contributed by atoms with Gasteiger partial charge < -0.3 is 50.1 Å². The minimum absolute atomic E-state index is 0.0522. The van der Waals surface area contributed by atoms with Crippen molar-refractivity contribution < 1.29 is 19.7 Å². The Morgan fingerprint density at radius 2 is 0.934 bits per heavy atom. The SMILES string of the molecule is Cc1cccc(C(CO)Nc2ccc3c(c2)Sc2cccc(-c4cc(N5CCOCC5)cc(=O)[nH]4)c2S3)n1.Cc1cccc(C(CO)Nc2ccc3c(c2)Sc2cccc(-c4cc(N5CCOCC5)cc(=O)[nH]4)c2S3)n1. The van der Waals surface area contributed by atoms with Crippen molar-refractivity contribution >= 4 is 69.8 Å². The highest BCUT2D eigenvalue weighted by atomic mass is 32.2. The molecule has 2 fully saturated rings. The first-order valence-corrected chi connectivity index (χ1v) is 28.4. The lowest BCUT2D eigenvalue weighted by Gasteiger charge is -2.29. The fourth-order valence-corrected chi connectivity index (χ4v) is 14.3. The van der Waals surface area contributed by atoms with Crippen molar-refractivity contribution in [2.75, 3.05) is 86.3 Å². The molecule has 0 radical (unpaired) electrons. The van der Waals surface area contributed by atoms with E-state index in [2.05, 4.69) is 101 Å². The maximum atomic E-state index is 12.6. The lowest BCUT2D eigenvalue weighted by Crippen LogP contribution is -2.36. The first-order valence-electron chi connectivity index (χ1n) is 25.2. The lowest BCUT2D eigenvalue weighted by atomic mass is 10.1. The predicted molar refractivity (Wildman–Crippen MR) is 305 cm³/mol. The average molecular weight is 1090 g/mol. The molecule has 0 saturated carbocycles. The van der Waals surface area contributed by atoms with Crippen LogP contribution in [0.25, 0.3) is 22.5 Å². The molecule has 8 aromatic rings. The van der Waals surface area contributed by atoms with Gasteiger partial charge in [0.05, 0.1) is 74.5 Å². The standard InChI is InChI=1S/2C29H28N4O3S2/c2*1-18-4-2-6-22(30-18)24(17-34)31-19-8-9-25-27(14-19)37-26-7-3-5-21(29(26)38-25)23-15-20(16-28(35)32-23)33-10-12-36-13-11-33/h2*2-9,14-16,24,31,34H,10-13,17H2,1H3,(H,32,35). The van der Waals surface area contributed by atoms with Crippen LogP contribution in [0, 0.1) is 13.8 Å². The van der Waals surface area contributed by atoms with Crippen LogP contribution in [0.1, 0.15) is 34.9 Å². The normalized spacial score (nSPS) is 15.5. The molecule has 0 bridgehead atoms. The summed E-state index contributed by atoms with van der Waals surface area (Å²) < 4.78 is 11.0. The summed E-state index contributed by atoms with van der Waals surface area (Å²) in [5.41, 5.74) is 10.7. The largest absolute Gasteiger partial charge is 0.394 e. The molecule has 2 unspecified atom stereocenters. The number of aromatic amines is 2. The van der Waals surface area contributed by atoms with Gasteiger partial charge in [-0.15, -0.1) is 0 Å². The van der Waals surface area contributed by atoms with Gasteiger partial charge in [-0.05, 0) is 98.8 Å². The first kappa shape index (κ1) is 51.6. The summed E-state index contributed by atoms with van der Waals surface area (Å²) in [5.74, 6) is 0. The van der Waals surface area contributed by atoms with Crippen molar-refractivity contribution in [1.82, 2.24) is 19.9 Å².